The van der Waals surface area contributed by atoms with Crippen LogP contribution < -0.4 is 15.8 Å². The van der Waals surface area contributed by atoms with Gasteiger partial charge in [-0.05, 0) is 41.8 Å². The molecule has 1 atom stereocenters. The maximum Gasteiger partial charge on any atom is 0.250 e. The standard InChI is InChI=1S/C24H27N3O3/c25-23(28)18-11-13-22(26-15-18)30-21-12-10-17(19-8-4-5-9-20(19)21)14-27-24(29)16-6-2-1-3-7-16/h4-5,8-13,15-16,24,27,29H,1-3,6-7,14H2,(H2,25,28). The number of fused-ring (bicyclic) bond motifs is 1. The number of ether oxygens (including phenoxy) is 1. The van der Waals surface area contributed by atoms with Gasteiger partial charge in [0, 0.05) is 24.2 Å². The fraction of sp³-hybridized carbons (Fsp3) is 0.333. The number of aliphatic hydroxyl groups is 1. The number of hydrogen-bond acceptors (Lipinski definition) is 5. The van der Waals surface area contributed by atoms with E-state index in [1.807, 2.05) is 30.3 Å². The summed E-state index contributed by atoms with van der Waals surface area (Å²) in [6, 6.07) is 15.2. The molecule has 0 aliphatic heterocycles. The van der Waals surface area contributed by atoms with Gasteiger partial charge in [-0.15, -0.1) is 0 Å². The van der Waals surface area contributed by atoms with E-state index in [0.717, 1.165) is 29.2 Å². The Bertz CT molecular complexity index is 1010. The van der Waals surface area contributed by atoms with Gasteiger partial charge in [0.15, 0.2) is 0 Å². The molecule has 1 aliphatic rings. The first-order chi connectivity index (χ1) is 14.6. The van der Waals surface area contributed by atoms with Crippen molar-refractivity contribution in [2.75, 3.05) is 0 Å². The molecule has 3 aromatic rings. The maximum atomic E-state index is 11.2. The highest BCUT2D eigenvalue weighted by molar-refractivity contribution is 5.92. The average Bonchev–Trinajstić information content (AvgIpc) is 2.79. The van der Waals surface area contributed by atoms with Crippen molar-refractivity contribution in [3.63, 3.8) is 0 Å². The summed E-state index contributed by atoms with van der Waals surface area (Å²) in [7, 11) is 0. The Morgan fingerprint density at radius 1 is 1.10 bits per heavy atom. The van der Waals surface area contributed by atoms with Crippen molar-refractivity contribution >= 4 is 16.7 Å². The van der Waals surface area contributed by atoms with Crippen LogP contribution >= 0.6 is 0 Å². The van der Waals surface area contributed by atoms with Crippen LogP contribution in [0, 0.1) is 5.92 Å². The number of aliphatic hydroxyl groups excluding tert-OH is 1. The summed E-state index contributed by atoms with van der Waals surface area (Å²) in [6.45, 7) is 0.587. The quantitative estimate of drug-likeness (QED) is 0.514. The predicted molar refractivity (Wildman–Crippen MR) is 116 cm³/mol. The van der Waals surface area contributed by atoms with E-state index in [4.69, 9.17) is 10.5 Å². The lowest BCUT2D eigenvalue weighted by molar-refractivity contribution is 0.0537. The highest BCUT2D eigenvalue weighted by atomic mass is 16.5. The van der Waals surface area contributed by atoms with Crippen LogP contribution in [0.25, 0.3) is 10.8 Å². The number of aromatic nitrogens is 1. The summed E-state index contributed by atoms with van der Waals surface area (Å²) in [5, 5.41) is 15.9. The van der Waals surface area contributed by atoms with Gasteiger partial charge < -0.3 is 15.6 Å². The molecular formula is C24H27N3O3. The number of hydrogen-bond donors (Lipinski definition) is 3. The number of carbonyl (C=O) groups excluding carboxylic acids is 1. The second kappa shape index (κ2) is 9.24. The van der Waals surface area contributed by atoms with Crippen LogP contribution in [0.15, 0.2) is 54.7 Å². The number of benzene rings is 2. The lowest BCUT2D eigenvalue weighted by atomic mass is 9.88. The molecular weight excluding hydrogens is 378 g/mol. The molecule has 0 radical (unpaired) electrons. The Morgan fingerprint density at radius 3 is 2.57 bits per heavy atom. The van der Waals surface area contributed by atoms with Gasteiger partial charge in [-0.1, -0.05) is 49.6 Å². The van der Waals surface area contributed by atoms with Gasteiger partial charge in [0.1, 0.15) is 12.0 Å². The SMILES string of the molecule is NC(=O)c1ccc(Oc2ccc(CNC(O)C3CCCCC3)c3ccccc23)nc1. The van der Waals surface area contributed by atoms with Crippen molar-refractivity contribution in [3.8, 4) is 11.6 Å². The molecule has 1 heterocycles. The Kier molecular flexibility index (Phi) is 6.26. The lowest BCUT2D eigenvalue weighted by Gasteiger charge is -2.27. The zero-order chi connectivity index (χ0) is 20.9. The number of nitrogens with one attached hydrogen (secondary N) is 1. The third kappa shape index (κ3) is 4.61. The number of primary amides is 1. The van der Waals surface area contributed by atoms with E-state index in [0.29, 0.717) is 29.7 Å². The molecule has 156 valence electrons. The fourth-order valence-corrected chi connectivity index (χ4v) is 4.11. The zero-order valence-corrected chi connectivity index (χ0v) is 16.9. The normalized spacial score (nSPS) is 15.8. The van der Waals surface area contributed by atoms with Gasteiger partial charge in [0.05, 0.1) is 5.56 Å². The van der Waals surface area contributed by atoms with E-state index in [1.165, 1.54) is 25.5 Å². The smallest absolute Gasteiger partial charge is 0.250 e. The predicted octanol–water partition coefficient (Wildman–Crippen LogP) is 4.11. The minimum Gasteiger partial charge on any atom is -0.438 e. The van der Waals surface area contributed by atoms with Crippen LogP contribution in [-0.4, -0.2) is 22.2 Å². The average molecular weight is 405 g/mol. The van der Waals surface area contributed by atoms with Gasteiger partial charge >= 0.3 is 0 Å². The van der Waals surface area contributed by atoms with E-state index in [9.17, 15) is 9.90 Å². The summed E-state index contributed by atoms with van der Waals surface area (Å²) in [4.78, 5) is 15.4. The zero-order valence-electron chi connectivity index (χ0n) is 16.9. The first-order valence-electron chi connectivity index (χ1n) is 10.5. The van der Waals surface area contributed by atoms with Crippen LogP contribution in [-0.2, 0) is 6.54 Å². The molecule has 0 bridgehead atoms. The molecule has 2 aromatic carbocycles. The Hall–Kier alpha value is -2.96. The van der Waals surface area contributed by atoms with E-state index in [2.05, 4.69) is 16.4 Å². The molecule has 0 spiro atoms. The molecule has 1 unspecified atom stereocenters. The fourth-order valence-electron chi connectivity index (χ4n) is 4.11. The number of rotatable bonds is 7. The summed E-state index contributed by atoms with van der Waals surface area (Å²) in [5.74, 6) is 0.888. The molecule has 6 nitrogen and oxygen atoms in total. The van der Waals surface area contributed by atoms with Crippen LogP contribution in [0.5, 0.6) is 11.6 Å². The van der Waals surface area contributed by atoms with Crippen molar-refractivity contribution in [2.45, 2.75) is 44.9 Å². The number of amides is 1. The molecule has 4 N–H and O–H groups in total. The summed E-state index contributed by atoms with van der Waals surface area (Å²) in [5.41, 5.74) is 6.70. The largest absolute Gasteiger partial charge is 0.438 e. The van der Waals surface area contributed by atoms with Crippen molar-refractivity contribution in [1.82, 2.24) is 10.3 Å². The molecule has 30 heavy (non-hydrogen) atoms. The van der Waals surface area contributed by atoms with Gasteiger partial charge in [0.2, 0.25) is 11.8 Å². The van der Waals surface area contributed by atoms with Gasteiger partial charge in [-0.25, -0.2) is 4.98 Å². The third-order valence-corrected chi connectivity index (χ3v) is 5.81. The van der Waals surface area contributed by atoms with Crippen molar-refractivity contribution in [2.24, 2.45) is 11.7 Å². The van der Waals surface area contributed by atoms with Crippen LogP contribution in [0.3, 0.4) is 0 Å². The van der Waals surface area contributed by atoms with Crippen LogP contribution in [0.4, 0.5) is 0 Å². The first kappa shape index (κ1) is 20.3. The maximum absolute atomic E-state index is 11.2. The van der Waals surface area contributed by atoms with E-state index in [-0.39, 0.29) is 0 Å². The summed E-state index contributed by atoms with van der Waals surface area (Å²) >= 11 is 0. The monoisotopic (exact) mass is 405 g/mol. The molecule has 1 aromatic heterocycles. The number of nitrogens with two attached hydrogens (primary N) is 1. The summed E-state index contributed by atoms with van der Waals surface area (Å²) in [6.07, 6.45) is 6.78. The van der Waals surface area contributed by atoms with Gasteiger partial charge in [-0.2, -0.15) is 0 Å². The van der Waals surface area contributed by atoms with E-state index in [1.54, 1.807) is 12.1 Å². The van der Waals surface area contributed by atoms with Crippen molar-refractivity contribution < 1.29 is 14.6 Å². The first-order valence-corrected chi connectivity index (χ1v) is 10.5. The van der Waals surface area contributed by atoms with Crippen LogP contribution in [0.1, 0.15) is 48.0 Å². The second-order valence-electron chi connectivity index (χ2n) is 7.84. The number of pyridine rings is 1. The summed E-state index contributed by atoms with van der Waals surface area (Å²) < 4.78 is 5.97. The third-order valence-electron chi connectivity index (χ3n) is 5.81. The molecule has 1 fully saturated rings. The molecule has 1 aliphatic carbocycles. The number of nitrogens with zero attached hydrogens (tertiary/aromatic N) is 1. The molecule has 1 amide bonds. The van der Waals surface area contributed by atoms with Gasteiger partial charge in [-0.3, -0.25) is 10.1 Å². The highest BCUT2D eigenvalue weighted by Gasteiger charge is 2.21. The van der Waals surface area contributed by atoms with Crippen molar-refractivity contribution in [1.29, 1.82) is 0 Å². The Morgan fingerprint density at radius 2 is 1.87 bits per heavy atom. The van der Waals surface area contributed by atoms with Gasteiger partial charge in [0.25, 0.3) is 0 Å². The number of carbonyl (C=O) groups is 1. The molecule has 4 rings (SSSR count). The van der Waals surface area contributed by atoms with E-state index < -0.39 is 12.1 Å². The molecule has 0 saturated heterocycles. The van der Waals surface area contributed by atoms with E-state index >= 15 is 0 Å². The lowest BCUT2D eigenvalue weighted by Crippen LogP contribution is -2.36. The topological polar surface area (TPSA) is 97.5 Å². The van der Waals surface area contributed by atoms with Crippen LogP contribution in [0.2, 0.25) is 0 Å². The minimum atomic E-state index is -0.522. The minimum absolute atomic E-state index is 0.335. The molecule has 1 saturated carbocycles. The van der Waals surface area contributed by atoms with Crippen molar-refractivity contribution in [3.05, 3.63) is 65.9 Å². The second-order valence-corrected chi connectivity index (χ2v) is 7.84. The Labute approximate surface area is 176 Å². The highest BCUT2D eigenvalue weighted by Crippen LogP contribution is 2.32. The molecule has 6 heteroatoms. The Balaban J connectivity index is 1.51.